The fraction of sp³-hybridized carbons (Fsp3) is 0.0357. The smallest absolute Gasteiger partial charge is 0.136 e. The number of anilines is 3. The second kappa shape index (κ2) is 13.5. The molecule has 0 saturated carbocycles. The lowest BCUT2D eigenvalue weighted by Gasteiger charge is -2.28. The van der Waals surface area contributed by atoms with Crippen molar-refractivity contribution in [3.63, 3.8) is 0 Å². The van der Waals surface area contributed by atoms with Gasteiger partial charge in [-0.2, -0.15) is 0 Å². The maximum atomic E-state index is 7.09. The van der Waals surface area contributed by atoms with Gasteiger partial charge >= 0.3 is 0 Å². The normalized spacial score (nSPS) is 15.6. The van der Waals surface area contributed by atoms with Gasteiger partial charge in [-0.1, -0.05) is 164 Å². The first-order valence-electron chi connectivity index (χ1n) is 20.3. The van der Waals surface area contributed by atoms with E-state index in [4.69, 9.17) is 9.15 Å². The molecule has 0 saturated heterocycles. The van der Waals surface area contributed by atoms with Crippen molar-refractivity contribution in [1.29, 1.82) is 0 Å². The number of allylic oxidation sites excluding steroid dienone is 2. The van der Waals surface area contributed by atoms with Crippen LogP contribution in [0.2, 0.25) is 0 Å². The Labute approximate surface area is 342 Å². The Hall–Kier alpha value is -7.62. The Bertz CT molecular complexity index is 3300. The first kappa shape index (κ1) is 33.5. The zero-order chi connectivity index (χ0) is 38.9. The molecule has 0 bridgehead atoms. The molecule has 0 spiro atoms. The van der Waals surface area contributed by atoms with Crippen molar-refractivity contribution in [2.45, 2.75) is 12.0 Å². The molecule has 12 rings (SSSR count). The third kappa shape index (κ3) is 5.50. The number of ether oxygens (including phenoxy) is 1. The Kier molecular flexibility index (Phi) is 7.67. The molecule has 3 nitrogen and oxygen atoms in total. The Morgan fingerprint density at radius 1 is 0.458 bits per heavy atom. The van der Waals surface area contributed by atoms with Crippen LogP contribution < -0.4 is 9.64 Å². The summed E-state index contributed by atoms with van der Waals surface area (Å²) < 4.78 is 13.4. The van der Waals surface area contributed by atoms with Crippen LogP contribution in [0.3, 0.4) is 0 Å². The van der Waals surface area contributed by atoms with Crippen LogP contribution in [0.5, 0.6) is 5.75 Å². The van der Waals surface area contributed by atoms with Gasteiger partial charge < -0.3 is 14.1 Å². The van der Waals surface area contributed by atoms with Crippen molar-refractivity contribution in [1.82, 2.24) is 0 Å². The standard InChI is InChI=1S/C56H37NO2/c1-2-12-36(13-3-1)38-26-30-42(31-27-38)57(43-32-28-39(29-33-43)44-19-11-23-53-54(44)49-18-8-9-22-52(49)58-53)51-35-50-48-21-10-20-45(41-25-24-37-14-4-5-15-40(37)34-41)55(48)59-56(50)47-17-7-6-16-46(47)51/h1-35,48,55H. The summed E-state index contributed by atoms with van der Waals surface area (Å²) in [5.74, 6) is 1.03. The molecule has 2 unspecified atom stereocenters. The van der Waals surface area contributed by atoms with Crippen LogP contribution in [0.4, 0.5) is 17.1 Å². The molecule has 1 aliphatic carbocycles. The number of fused-ring (bicyclic) bond motifs is 9. The minimum atomic E-state index is -0.130. The van der Waals surface area contributed by atoms with E-state index in [0.29, 0.717) is 0 Å². The number of furan rings is 1. The zero-order valence-corrected chi connectivity index (χ0v) is 32.1. The minimum Gasteiger partial charge on any atom is -0.484 e. The molecule has 2 atom stereocenters. The third-order valence-electron chi connectivity index (χ3n) is 12.2. The van der Waals surface area contributed by atoms with Crippen LogP contribution in [0.25, 0.3) is 71.3 Å². The summed E-state index contributed by atoms with van der Waals surface area (Å²) in [5.41, 5.74) is 13.3. The summed E-state index contributed by atoms with van der Waals surface area (Å²) in [6.07, 6.45) is 6.62. The van der Waals surface area contributed by atoms with E-state index in [9.17, 15) is 0 Å². The monoisotopic (exact) mass is 755 g/mol. The lowest BCUT2D eigenvalue weighted by molar-refractivity contribution is 0.281. The van der Waals surface area contributed by atoms with E-state index < -0.39 is 0 Å². The molecule has 1 aliphatic heterocycles. The molecule has 1 aromatic heterocycles. The van der Waals surface area contributed by atoms with Crippen molar-refractivity contribution >= 4 is 66.1 Å². The van der Waals surface area contributed by atoms with Gasteiger partial charge in [0.2, 0.25) is 0 Å². The van der Waals surface area contributed by atoms with E-state index in [-0.39, 0.29) is 12.0 Å². The van der Waals surface area contributed by atoms with Crippen LogP contribution >= 0.6 is 0 Å². The fourth-order valence-electron chi connectivity index (χ4n) is 9.41. The zero-order valence-electron chi connectivity index (χ0n) is 32.1. The molecule has 2 aliphatic rings. The predicted molar refractivity (Wildman–Crippen MR) is 245 cm³/mol. The Morgan fingerprint density at radius 2 is 1.10 bits per heavy atom. The lowest BCUT2D eigenvalue weighted by Crippen LogP contribution is -2.21. The van der Waals surface area contributed by atoms with E-state index in [1.54, 1.807) is 0 Å². The number of benzene rings is 9. The highest BCUT2D eigenvalue weighted by molar-refractivity contribution is 6.12. The summed E-state index contributed by atoms with van der Waals surface area (Å²) >= 11 is 0. The highest BCUT2D eigenvalue weighted by atomic mass is 16.5. The van der Waals surface area contributed by atoms with E-state index in [1.165, 1.54) is 38.6 Å². The maximum absolute atomic E-state index is 7.09. The molecule has 3 heteroatoms. The van der Waals surface area contributed by atoms with Crippen molar-refractivity contribution < 1.29 is 9.15 Å². The molecule has 0 N–H and O–H groups in total. The van der Waals surface area contributed by atoms with E-state index in [1.807, 2.05) is 12.1 Å². The van der Waals surface area contributed by atoms with Crippen LogP contribution in [0.15, 0.2) is 217 Å². The summed E-state index contributed by atoms with van der Waals surface area (Å²) in [6.45, 7) is 0. The van der Waals surface area contributed by atoms with Gasteiger partial charge in [0, 0.05) is 50.0 Å². The average Bonchev–Trinajstić information content (AvgIpc) is 3.89. The predicted octanol–water partition coefficient (Wildman–Crippen LogP) is 15.2. The number of para-hydroxylation sites is 1. The molecule has 278 valence electrons. The Balaban J connectivity index is 1.00. The quantitative estimate of drug-likeness (QED) is 0.169. The highest BCUT2D eigenvalue weighted by Crippen LogP contribution is 2.53. The van der Waals surface area contributed by atoms with E-state index in [0.717, 1.165) is 66.6 Å². The number of nitrogens with zero attached hydrogens (tertiary/aromatic N) is 1. The number of hydrogen-bond acceptors (Lipinski definition) is 3. The summed E-state index contributed by atoms with van der Waals surface area (Å²) in [6, 6.07) is 69.6. The summed E-state index contributed by atoms with van der Waals surface area (Å²) in [5, 5.41) is 6.99. The molecule has 9 aromatic carbocycles. The van der Waals surface area contributed by atoms with Gasteiger partial charge in [0.25, 0.3) is 0 Å². The molecule has 10 aromatic rings. The minimum absolute atomic E-state index is 0.0646. The molecule has 2 heterocycles. The number of hydrogen-bond donors (Lipinski definition) is 0. The van der Waals surface area contributed by atoms with Gasteiger partial charge in [0.1, 0.15) is 23.0 Å². The van der Waals surface area contributed by atoms with E-state index in [2.05, 4.69) is 205 Å². The van der Waals surface area contributed by atoms with Crippen LogP contribution in [-0.4, -0.2) is 6.10 Å². The fourth-order valence-corrected chi connectivity index (χ4v) is 9.41. The summed E-state index contributed by atoms with van der Waals surface area (Å²) in [7, 11) is 0. The van der Waals surface area contributed by atoms with Gasteiger partial charge in [-0.05, 0) is 87.1 Å². The SMILES string of the molecule is C1=CC2c3cc(N(c4ccc(-c5ccccc5)cc4)c4ccc(-c5cccc6oc7ccccc7c56)cc4)c4ccccc4c3OC2C(c2ccc3ccccc3c2)=C1. The van der Waals surface area contributed by atoms with Gasteiger partial charge in [-0.3, -0.25) is 0 Å². The number of rotatable bonds is 6. The van der Waals surface area contributed by atoms with Crippen LogP contribution in [0, 0.1) is 0 Å². The van der Waals surface area contributed by atoms with Crippen LogP contribution in [0.1, 0.15) is 17.0 Å². The van der Waals surface area contributed by atoms with Crippen molar-refractivity contribution in [3.8, 4) is 28.0 Å². The summed E-state index contributed by atoms with van der Waals surface area (Å²) in [4.78, 5) is 2.41. The molecular formula is C56H37NO2. The van der Waals surface area contributed by atoms with Crippen LogP contribution in [-0.2, 0) is 0 Å². The lowest BCUT2D eigenvalue weighted by atomic mass is 9.83. The first-order valence-corrected chi connectivity index (χ1v) is 20.3. The van der Waals surface area contributed by atoms with E-state index >= 15 is 0 Å². The second-order valence-corrected chi connectivity index (χ2v) is 15.6. The molecule has 59 heavy (non-hydrogen) atoms. The molecule has 0 fully saturated rings. The largest absolute Gasteiger partial charge is 0.484 e. The van der Waals surface area contributed by atoms with Gasteiger partial charge in [0.05, 0.1) is 5.69 Å². The van der Waals surface area contributed by atoms with Gasteiger partial charge in [0.15, 0.2) is 0 Å². The third-order valence-corrected chi connectivity index (χ3v) is 12.2. The maximum Gasteiger partial charge on any atom is 0.136 e. The first-order chi connectivity index (χ1) is 29.2. The van der Waals surface area contributed by atoms with Crippen molar-refractivity contribution in [2.24, 2.45) is 0 Å². The van der Waals surface area contributed by atoms with Crippen molar-refractivity contribution in [3.05, 3.63) is 223 Å². The average molecular weight is 756 g/mol. The molecule has 0 radical (unpaired) electrons. The topological polar surface area (TPSA) is 25.6 Å². The Morgan fingerprint density at radius 3 is 1.92 bits per heavy atom. The van der Waals surface area contributed by atoms with Crippen molar-refractivity contribution in [2.75, 3.05) is 4.90 Å². The molecular weight excluding hydrogens is 719 g/mol. The van der Waals surface area contributed by atoms with Gasteiger partial charge in [-0.25, -0.2) is 0 Å². The molecule has 0 amide bonds. The highest BCUT2D eigenvalue weighted by Gasteiger charge is 2.39. The second-order valence-electron chi connectivity index (χ2n) is 15.6. The van der Waals surface area contributed by atoms with Gasteiger partial charge in [-0.15, -0.1) is 0 Å².